The van der Waals surface area contributed by atoms with Crippen molar-refractivity contribution in [2.24, 2.45) is 11.8 Å². The smallest absolute Gasteiger partial charge is 0.338 e. The predicted molar refractivity (Wildman–Crippen MR) is 124 cm³/mol. The first-order valence-electron chi connectivity index (χ1n) is 10.8. The van der Waals surface area contributed by atoms with Gasteiger partial charge in [0, 0.05) is 10.8 Å². The Morgan fingerprint density at radius 1 is 1.00 bits per heavy atom. The molecule has 0 saturated carbocycles. The fraction of sp³-hybridized carbons (Fsp3) is 0.500. The largest absolute Gasteiger partial charge is 0.455 e. The summed E-state index contributed by atoms with van der Waals surface area (Å²) in [5.41, 5.74) is 2.91. The number of hydrogen-bond donors (Lipinski definition) is 0. The number of ether oxygens (including phenoxy) is 2. The molecular weight excluding hydrogens is 392 g/mol. The molecule has 162 valence electrons. The van der Waals surface area contributed by atoms with E-state index in [2.05, 4.69) is 66.7 Å². The molecule has 30 heavy (non-hydrogen) atoms. The van der Waals surface area contributed by atoms with Crippen LogP contribution in [0.15, 0.2) is 53.4 Å². The maximum atomic E-state index is 12.8. The topological polar surface area (TPSA) is 35.5 Å². The number of esters is 1. The number of rotatable bonds is 4. The molecule has 3 nitrogen and oxygen atoms in total. The zero-order chi connectivity index (χ0) is 22.1. The highest BCUT2D eigenvalue weighted by molar-refractivity contribution is 7.99. The number of hydrogen-bond acceptors (Lipinski definition) is 4. The second-order valence-corrected chi connectivity index (χ2v) is 10.7. The zero-order valence-electron chi connectivity index (χ0n) is 19.1. The second kappa shape index (κ2) is 9.15. The minimum atomic E-state index is -0.313. The van der Waals surface area contributed by atoms with E-state index in [-0.39, 0.29) is 34.9 Å². The average Bonchev–Trinajstić information content (AvgIpc) is 2.70. The standard InChI is InChI=1S/C26H34O3S/c1-16-13-14-21(26(5,6)7)15-22(16)30-25-23(18(3)17(2)19(4)28-25)29-24(27)20-11-9-8-10-12-20/h8-15,17-19,23,25H,1-7H3/t17-,18-,19?,23?,25-/m0/s1. The van der Waals surface area contributed by atoms with Gasteiger partial charge in [0.15, 0.2) is 0 Å². The second-order valence-electron chi connectivity index (χ2n) is 9.51. The lowest BCUT2D eigenvalue weighted by atomic mass is 9.85. The summed E-state index contributed by atoms with van der Waals surface area (Å²) in [4.78, 5) is 14.0. The molecule has 0 bridgehead atoms. The van der Waals surface area contributed by atoms with Gasteiger partial charge in [0.25, 0.3) is 0 Å². The van der Waals surface area contributed by atoms with Crippen LogP contribution >= 0.6 is 11.8 Å². The van der Waals surface area contributed by atoms with E-state index in [1.165, 1.54) is 16.0 Å². The van der Waals surface area contributed by atoms with Crippen LogP contribution in [0.2, 0.25) is 0 Å². The Kier molecular flexibility index (Phi) is 6.98. The molecule has 1 aliphatic rings. The SMILES string of the molecule is Cc1ccc(C(C)(C)C)cc1S[C@@H]1OC(C)[C@@H](C)[C@H](C)C1OC(=O)c1ccccc1. The molecule has 2 unspecified atom stereocenters. The molecule has 2 aromatic carbocycles. The summed E-state index contributed by atoms with van der Waals surface area (Å²) < 4.78 is 12.4. The molecule has 0 N–H and O–H groups in total. The molecule has 0 aliphatic carbocycles. The van der Waals surface area contributed by atoms with E-state index in [0.717, 1.165) is 0 Å². The van der Waals surface area contributed by atoms with Gasteiger partial charge in [-0.3, -0.25) is 0 Å². The van der Waals surface area contributed by atoms with Crippen LogP contribution in [-0.2, 0) is 14.9 Å². The Labute approximate surface area is 185 Å². The van der Waals surface area contributed by atoms with E-state index in [9.17, 15) is 4.79 Å². The minimum Gasteiger partial charge on any atom is -0.455 e. The number of aryl methyl sites for hydroxylation is 1. The van der Waals surface area contributed by atoms with Crippen LogP contribution in [0.3, 0.4) is 0 Å². The first-order valence-corrected chi connectivity index (χ1v) is 11.6. The summed E-state index contributed by atoms with van der Waals surface area (Å²) in [6, 6.07) is 15.8. The normalized spacial score (nSPS) is 27.0. The van der Waals surface area contributed by atoms with Crippen LogP contribution < -0.4 is 0 Å². The predicted octanol–water partition coefficient (Wildman–Crippen LogP) is 6.63. The summed E-state index contributed by atoms with van der Waals surface area (Å²) >= 11 is 1.68. The number of benzene rings is 2. The van der Waals surface area contributed by atoms with Crippen molar-refractivity contribution in [1.29, 1.82) is 0 Å². The van der Waals surface area contributed by atoms with E-state index in [1.54, 1.807) is 23.9 Å². The Balaban J connectivity index is 1.87. The fourth-order valence-electron chi connectivity index (χ4n) is 3.73. The lowest BCUT2D eigenvalue weighted by molar-refractivity contribution is -0.130. The van der Waals surface area contributed by atoms with Gasteiger partial charge in [0.05, 0.1) is 11.7 Å². The van der Waals surface area contributed by atoms with Crippen LogP contribution in [0, 0.1) is 18.8 Å². The Hall–Kier alpha value is -1.78. The molecule has 1 saturated heterocycles. The van der Waals surface area contributed by atoms with Gasteiger partial charge in [0.1, 0.15) is 11.5 Å². The third-order valence-electron chi connectivity index (χ3n) is 6.25. The van der Waals surface area contributed by atoms with Gasteiger partial charge in [-0.1, -0.05) is 76.7 Å². The van der Waals surface area contributed by atoms with Crippen LogP contribution in [0.25, 0.3) is 0 Å². The molecular formula is C26H34O3S. The minimum absolute atomic E-state index is 0.0741. The maximum absolute atomic E-state index is 12.8. The summed E-state index contributed by atoms with van der Waals surface area (Å²) in [6.45, 7) is 15.2. The highest BCUT2D eigenvalue weighted by atomic mass is 32.2. The van der Waals surface area contributed by atoms with E-state index >= 15 is 0 Å². The third-order valence-corrected chi connectivity index (χ3v) is 7.56. The Bertz CT molecular complexity index is 872. The molecule has 0 radical (unpaired) electrons. The average molecular weight is 427 g/mol. The highest BCUT2D eigenvalue weighted by Gasteiger charge is 2.43. The quantitative estimate of drug-likeness (QED) is 0.514. The summed E-state index contributed by atoms with van der Waals surface area (Å²) in [5.74, 6) is 0.214. The van der Waals surface area contributed by atoms with Gasteiger partial charge < -0.3 is 9.47 Å². The van der Waals surface area contributed by atoms with Crippen molar-refractivity contribution in [1.82, 2.24) is 0 Å². The van der Waals surface area contributed by atoms with Crippen molar-refractivity contribution in [3.05, 3.63) is 65.2 Å². The van der Waals surface area contributed by atoms with Gasteiger partial charge >= 0.3 is 5.97 Å². The van der Waals surface area contributed by atoms with E-state index in [0.29, 0.717) is 11.5 Å². The van der Waals surface area contributed by atoms with Crippen molar-refractivity contribution in [2.45, 2.75) is 76.4 Å². The summed E-state index contributed by atoms with van der Waals surface area (Å²) in [7, 11) is 0. The fourth-order valence-corrected chi connectivity index (χ4v) is 5.10. The number of thioether (sulfide) groups is 1. The molecule has 0 aromatic heterocycles. The molecule has 4 heteroatoms. The molecule has 1 fully saturated rings. The van der Waals surface area contributed by atoms with Crippen molar-refractivity contribution in [3.63, 3.8) is 0 Å². The molecule has 3 rings (SSSR count). The van der Waals surface area contributed by atoms with Crippen molar-refractivity contribution < 1.29 is 14.3 Å². The molecule has 1 heterocycles. The molecule has 5 atom stereocenters. The monoisotopic (exact) mass is 426 g/mol. The van der Waals surface area contributed by atoms with Crippen molar-refractivity contribution >= 4 is 17.7 Å². The van der Waals surface area contributed by atoms with Crippen molar-refractivity contribution in [2.75, 3.05) is 0 Å². The molecule has 0 amide bonds. The van der Waals surface area contributed by atoms with Gasteiger partial charge in [-0.15, -0.1) is 0 Å². The van der Waals surface area contributed by atoms with Crippen LogP contribution in [0.1, 0.15) is 63.0 Å². The van der Waals surface area contributed by atoms with E-state index in [4.69, 9.17) is 9.47 Å². The number of carbonyl (C=O) groups is 1. The van der Waals surface area contributed by atoms with Gasteiger partial charge in [0.2, 0.25) is 0 Å². The van der Waals surface area contributed by atoms with Gasteiger partial charge in [-0.05, 0) is 54.5 Å². The lowest BCUT2D eigenvalue weighted by Gasteiger charge is -2.43. The van der Waals surface area contributed by atoms with Crippen molar-refractivity contribution in [3.8, 4) is 0 Å². The zero-order valence-corrected chi connectivity index (χ0v) is 20.0. The first kappa shape index (κ1) is 22.9. The van der Waals surface area contributed by atoms with Crippen LogP contribution in [-0.4, -0.2) is 23.6 Å². The Morgan fingerprint density at radius 3 is 2.30 bits per heavy atom. The summed E-state index contributed by atoms with van der Waals surface area (Å²) in [6.07, 6.45) is -0.207. The first-order chi connectivity index (χ1) is 14.1. The van der Waals surface area contributed by atoms with Gasteiger partial charge in [-0.25, -0.2) is 4.79 Å². The van der Waals surface area contributed by atoms with Gasteiger partial charge in [-0.2, -0.15) is 0 Å². The van der Waals surface area contributed by atoms with E-state index in [1.807, 2.05) is 18.2 Å². The summed E-state index contributed by atoms with van der Waals surface area (Å²) in [5, 5.41) is 0. The maximum Gasteiger partial charge on any atom is 0.338 e. The molecule has 2 aromatic rings. The molecule has 1 aliphatic heterocycles. The lowest BCUT2D eigenvalue weighted by Crippen LogP contribution is -2.48. The third kappa shape index (κ3) is 5.09. The van der Waals surface area contributed by atoms with E-state index < -0.39 is 0 Å². The molecule has 0 spiro atoms. The Morgan fingerprint density at radius 2 is 1.67 bits per heavy atom. The van der Waals surface area contributed by atoms with Crippen LogP contribution in [0.5, 0.6) is 0 Å². The highest BCUT2D eigenvalue weighted by Crippen LogP contribution is 2.41. The van der Waals surface area contributed by atoms with Crippen LogP contribution in [0.4, 0.5) is 0 Å². The number of carbonyl (C=O) groups excluding carboxylic acids is 1.